The summed E-state index contributed by atoms with van der Waals surface area (Å²) in [5.41, 5.74) is 1.15. The van der Waals surface area contributed by atoms with Gasteiger partial charge >= 0.3 is 0 Å². The summed E-state index contributed by atoms with van der Waals surface area (Å²) >= 11 is 5.96. The predicted molar refractivity (Wildman–Crippen MR) is 103 cm³/mol. The van der Waals surface area contributed by atoms with Crippen LogP contribution in [0.1, 0.15) is 25.3 Å². The molecule has 138 valence electrons. The van der Waals surface area contributed by atoms with Gasteiger partial charge < -0.3 is 14.8 Å². The Hall–Kier alpha value is -2.04. The first kappa shape index (κ1) is 18.7. The molecule has 1 atom stereocenters. The van der Waals surface area contributed by atoms with Crippen LogP contribution in [0.5, 0.6) is 5.75 Å². The second-order valence-electron chi connectivity index (χ2n) is 6.69. The summed E-state index contributed by atoms with van der Waals surface area (Å²) in [6.07, 6.45) is 1.18. The highest BCUT2D eigenvalue weighted by Crippen LogP contribution is 2.34. The summed E-state index contributed by atoms with van der Waals surface area (Å²) in [6, 6.07) is 17.4. The Kier molecular flexibility index (Phi) is 6.17. The Morgan fingerprint density at radius 2 is 1.92 bits per heavy atom. The van der Waals surface area contributed by atoms with Crippen molar-refractivity contribution in [2.75, 3.05) is 19.8 Å². The number of hydrogen-bond donors (Lipinski definition) is 1. The van der Waals surface area contributed by atoms with Crippen molar-refractivity contribution in [3.05, 3.63) is 65.2 Å². The quantitative estimate of drug-likeness (QED) is 0.833. The lowest BCUT2D eigenvalue weighted by atomic mass is 9.74. The van der Waals surface area contributed by atoms with Gasteiger partial charge in [-0.15, -0.1) is 0 Å². The van der Waals surface area contributed by atoms with E-state index in [0.717, 1.165) is 12.8 Å². The lowest BCUT2D eigenvalue weighted by Gasteiger charge is -2.38. The first-order valence-electron chi connectivity index (χ1n) is 8.92. The van der Waals surface area contributed by atoms with Gasteiger partial charge in [0.05, 0.1) is 0 Å². The van der Waals surface area contributed by atoms with E-state index in [1.165, 1.54) is 5.56 Å². The third-order valence-corrected chi connectivity index (χ3v) is 5.15. The Morgan fingerprint density at radius 1 is 1.19 bits per heavy atom. The van der Waals surface area contributed by atoms with Crippen molar-refractivity contribution >= 4 is 17.5 Å². The highest BCUT2D eigenvalue weighted by molar-refractivity contribution is 6.30. The number of carbonyl (C=O) groups excluding carboxylic acids is 1. The number of hydrogen-bond acceptors (Lipinski definition) is 3. The van der Waals surface area contributed by atoms with Gasteiger partial charge in [-0.1, -0.05) is 48.0 Å². The molecule has 26 heavy (non-hydrogen) atoms. The fourth-order valence-corrected chi connectivity index (χ4v) is 3.50. The highest BCUT2D eigenvalue weighted by atomic mass is 35.5. The molecule has 0 spiro atoms. The van der Waals surface area contributed by atoms with Gasteiger partial charge in [-0.05, 0) is 43.5 Å². The van der Waals surface area contributed by atoms with E-state index < -0.39 is 6.10 Å². The Balaban J connectivity index is 1.64. The number of amides is 1. The van der Waals surface area contributed by atoms with E-state index in [1.54, 1.807) is 31.2 Å². The summed E-state index contributed by atoms with van der Waals surface area (Å²) in [4.78, 5) is 12.5. The van der Waals surface area contributed by atoms with E-state index in [4.69, 9.17) is 21.1 Å². The maximum Gasteiger partial charge on any atom is 0.260 e. The maximum absolute atomic E-state index is 12.5. The first-order valence-corrected chi connectivity index (χ1v) is 9.30. The zero-order chi connectivity index (χ0) is 18.4. The van der Waals surface area contributed by atoms with Gasteiger partial charge in [0.25, 0.3) is 5.91 Å². The summed E-state index contributed by atoms with van der Waals surface area (Å²) in [5.74, 6) is 0.454. The Bertz CT molecular complexity index is 729. The topological polar surface area (TPSA) is 47.6 Å². The van der Waals surface area contributed by atoms with E-state index in [0.29, 0.717) is 30.5 Å². The summed E-state index contributed by atoms with van der Waals surface area (Å²) in [5, 5.41) is 3.66. The summed E-state index contributed by atoms with van der Waals surface area (Å²) in [7, 11) is 0. The fourth-order valence-electron chi connectivity index (χ4n) is 3.32. The van der Waals surface area contributed by atoms with Crippen molar-refractivity contribution in [3.8, 4) is 5.75 Å². The van der Waals surface area contributed by atoms with Crippen LogP contribution in [0.4, 0.5) is 0 Å². The van der Waals surface area contributed by atoms with Crippen molar-refractivity contribution < 1.29 is 14.3 Å². The number of carbonyl (C=O) groups is 1. The monoisotopic (exact) mass is 373 g/mol. The van der Waals surface area contributed by atoms with E-state index in [-0.39, 0.29) is 11.3 Å². The van der Waals surface area contributed by atoms with Crippen molar-refractivity contribution in [1.29, 1.82) is 0 Å². The zero-order valence-electron chi connectivity index (χ0n) is 14.9. The molecule has 1 saturated heterocycles. The molecule has 0 bridgehead atoms. The molecule has 0 aromatic heterocycles. The molecule has 1 N–H and O–H groups in total. The van der Waals surface area contributed by atoms with Crippen LogP contribution in [-0.2, 0) is 14.9 Å². The SMILES string of the molecule is CC(Oc1cccc(Cl)c1)C(=O)NCC1(c2ccccc2)CCOCC1. The molecular formula is C21H24ClNO3. The molecule has 5 heteroatoms. The van der Waals surface area contributed by atoms with Crippen LogP contribution in [0.15, 0.2) is 54.6 Å². The van der Waals surface area contributed by atoms with Crippen LogP contribution >= 0.6 is 11.6 Å². The normalized spacial score (nSPS) is 17.3. The zero-order valence-corrected chi connectivity index (χ0v) is 15.7. The third kappa shape index (κ3) is 4.57. The minimum atomic E-state index is -0.596. The van der Waals surface area contributed by atoms with Crippen molar-refractivity contribution in [1.82, 2.24) is 5.32 Å². The molecule has 0 aliphatic carbocycles. The predicted octanol–water partition coefficient (Wildman–Crippen LogP) is 3.97. The minimum Gasteiger partial charge on any atom is -0.481 e. The Labute approximate surface area is 159 Å². The summed E-state index contributed by atoms with van der Waals surface area (Å²) in [6.45, 7) is 3.73. The van der Waals surface area contributed by atoms with Crippen LogP contribution in [0.25, 0.3) is 0 Å². The smallest absolute Gasteiger partial charge is 0.260 e. The largest absolute Gasteiger partial charge is 0.481 e. The molecule has 0 saturated carbocycles. The van der Waals surface area contributed by atoms with E-state index in [2.05, 4.69) is 17.4 Å². The molecule has 1 fully saturated rings. The van der Waals surface area contributed by atoms with Gasteiger partial charge in [0, 0.05) is 30.2 Å². The molecule has 1 unspecified atom stereocenters. The molecule has 0 radical (unpaired) electrons. The van der Waals surface area contributed by atoms with Crippen LogP contribution in [-0.4, -0.2) is 31.8 Å². The number of halogens is 1. The lowest BCUT2D eigenvalue weighted by molar-refractivity contribution is -0.127. The van der Waals surface area contributed by atoms with Gasteiger partial charge in [0.1, 0.15) is 5.75 Å². The molecule has 1 heterocycles. The van der Waals surface area contributed by atoms with Gasteiger partial charge in [-0.3, -0.25) is 4.79 Å². The minimum absolute atomic E-state index is 0.0923. The molecular weight excluding hydrogens is 350 g/mol. The number of nitrogens with one attached hydrogen (secondary N) is 1. The standard InChI is InChI=1S/C21H24ClNO3/c1-16(26-19-9-5-8-18(22)14-19)20(24)23-15-21(10-12-25-13-11-21)17-6-3-2-4-7-17/h2-9,14,16H,10-13,15H2,1H3,(H,23,24). The van der Waals surface area contributed by atoms with Gasteiger partial charge in [0.2, 0.25) is 0 Å². The molecule has 1 amide bonds. The maximum atomic E-state index is 12.5. The van der Waals surface area contributed by atoms with E-state index in [1.807, 2.05) is 18.2 Å². The van der Waals surface area contributed by atoms with Crippen LogP contribution in [0.2, 0.25) is 5.02 Å². The average Bonchev–Trinajstić information content (AvgIpc) is 2.67. The molecule has 3 rings (SSSR count). The van der Waals surface area contributed by atoms with Gasteiger partial charge in [0.15, 0.2) is 6.10 Å². The lowest BCUT2D eigenvalue weighted by Crippen LogP contribution is -2.47. The molecule has 2 aromatic rings. The second kappa shape index (κ2) is 8.56. The molecule has 1 aliphatic rings. The van der Waals surface area contributed by atoms with E-state index in [9.17, 15) is 4.79 Å². The van der Waals surface area contributed by atoms with Crippen molar-refractivity contribution in [2.45, 2.75) is 31.3 Å². The molecule has 2 aromatic carbocycles. The van der Waals surface area contributed by atoms with E-state index >= 15 is 0 Å². The third-order valence-electron chi connectivity index (χ3n) is 4.92. The average molecular weight is 374 g/mol. The second-order valence-corrected chi connectivity index (χ2v) is 7.13. The van der Waals surface area contributed by atoms with Crippen LogP contribution in [0.3, 0.4) is 0 Å². The van der Waals surface area contributed by atoms with Crippen LogP contribution in [0, 0.1) is 0 Å². The first-order chi connectivity index (χ1) is 12.6. The van der Waals surface area contributed by atoms with Crippen molar-refractivity contribution in [3.63, 3.8) is 0 Å². The fraction of sp³-hybridized carbons (Fsp3) is 0.381. The van der Waals surface area contributed by atoms with Gasteiger partial charge in [-0.25, -0.2) is 0 Å². The number of ether oxygens (including phenoxy) is 2. The molecule has 1 aliphatic heterocycles. The van der Waals surface area contributed by atoms with Crippen LogP contribution < -0.4 is 10.1 Å². The van der Waals surface area contributed by atoms with Crippen molar-refractivity contribution in [2.24, 2.45) is 0 Å². The molecule has 4 nitrogen and oxygen atoms in total. The highest BCUT2D eigenvalue weighted by Gasteiger charge is 2.35. The Morgan fingerprint density at radius 3 is 2.62 bits per heavy atom. The number of benzene rings is 2. The summed E-state index contributed by atoms with van der Waals surface area (Å²) < 4.78 is 11.3. The number of rotatable bonds is 6. The van der Waals surface area contributed by atoms with Gasteiger partial charge in [-0.2, -0.15) is 0 Å².